The molecule has 1 amide bonds. The van der Waals surface area contributed by atoms with Crippen molar-refractivity contribution in [2.24, 2.45) is 0 Å². The summed E-state index contributed by atoms with van der Waals surface area (Å²) in [7, 11) is 0. The Morgan fingerprint density at radius 3 is 2.58 bits per heavy atom. The van der Waals surface area contributed by atoms with Crippen molar-refractivity contribution in [2.45, 2.75) is 31.7 Å². The van der Waals surface area contributed by atoms with E-state index in [1.807, 2.05) is 35.2 Å². The second kappa shape index (κ2) is 10.5. The monoisotopic (exact) mass is 425 g/mol. The lowest BCUT2D eigenvalue weighted by Gasteiger charge is -2.28. The molecule has 8 nitrogen and oxygen atoms in total. The molecule has 2 aliphatic rings. The molecule has 2 saturated heterocycles. The lowest BCUT2D eigenvalue weighted by molar-refractivity contribution is -0.123. The normalized spacial score (nSPS) is 18.5. The molecule has 2 fully saturated rings. The number of morpholine rings is 1. The topological polar surface area (TPSA) is 90.6 Å². The largest absolute Gasteiger partial charge is 0.378 e. The van der Waals surface area contributed by atoms with Crippen molar-refractivity contribution in [3.8, 4) is 0 Å². The Bertz CT molecular complexity index is 905. The number of nitrogens with one attached hydrogen (secondary N) is 2. The van der Waals surface area contributed by atoms with E-state index in [2.05, 4.69) is 15.2 Å². The van der Waals surface area contributed by atoms with Crippen LogP contribution in [0.15, 0.2) is 41.2 Å². The minimum absolute atomic E-state index is 0.00833. The summed E-state index contributed by atoms with van der Waals surface area (Å²) in [5.74, 6) is 0.575. The van der Waals surface area contributed by atoms with Gasteiger partial charge in [0.15, 0.2) is 0 Å². The number of piperidine rings is 1. The third-order valence-corrected chi connectivity index (χ3v) is 5.86. The van der Waals surface area contributed by atoms with Crippen LogP contribution in [0.1, 0.15) is 36.6 Å². The maximum Gasteiger partial charge on any atom is 0.252 e. The molecule has 0 unspecified atom stereocenters. The van der Waals surface area contributed by atoms with Gasteiger partial charge in [-0.2, -0.15) is 0 Å². The van der Waals surface area contributed by atoms with Gasteiger partial charge in [0.25, 0.3) is 5.56 Å². The average molecular weight is 426 g/mol. The van der Waals surface area contributed by atoms with Crippen LogP contribution in [-0.4, -0.2) is 66.7 Å². The Balaban J connectivity index is 1.50. The molecule has 2 N–H and O–H groups in total. The number of likely N-dealkylation sites (tertiary alicyclic amines) is 1. The molecule has 1 aromatic carbocycles. The fourth-order valence-corrected chi connectivity index (χ4v) is 4.23. The van der Waals surface area contributed by atoms with Crippen LogP contribution in [0.4, 0.5) is 5.95 Å². The summed E-state index contributed by atoms with van der Waals surface area (Å²) in [4.78, 5) is 36.9. The molecule has 2 aliphatic heterocycles. The second-order valence-corrected chi connectivity index (χ2v) is 8.23. The predicted octanol–water partition coefficient (Wildman–Crippen LogP) is 1.49. The van der Waals surface area contributed by atoms with Gasteiger partial charge in [0.1, 0.15) is 0 Å². The van der Waals surface area contributed by atoms with E-state index in [1.165, 1.54) is 12.5 Å². The third-order valence-electron chi connectivity index (χ3n) is 5.86. The van der Waals surface area contributed by atoms with Gasteiger partial charge in [-0.15, -0.1) is 0 Å². The second-order valence-electron chi connectivity index (χ2n) is 8.23. The third kappa shape index (κ3) is 6.15. The lowest BCUT2D eigenvalue weighted by atomic mass is 10.0. The highest BCUT2D eigenvalue weighted by Crippen LogP contribution is 2.19. The molecule has 166 valence electrons. The van der Waals surface area contributed by atoms with Crippen molar-refractivity contribution in [3.05, 3.63) is 58.0 Å². The summed E-state index contributed by atoms with van der Waals surface area (Å²) in [6.45, 7) is 4.98. The maximum atomic E-state index is 12.8. The SMILES string of the molecule is O=C(CN1CCCCC1)N[C@@H](Cc1cc(=O)[nH]c(N2CCOCC2)n1)c1ccccc1. The molecule has 0 saturated carbocycles. The smallest absolute Gasteiger partial charge is 0.252 e. The summed E-state index contributed by atoms with van der Waals surface area (Å²) in [5, 5.41) is 3.18. The van der Waals surface area contributed by atoms with Gasteiger partial charge in [-0.3, -0.25) is 19.5 Å². The number of carbonyl (C=O) groups is 1. The zero-order valence-corrected chi connectivity index (χ0v) is 17.9. The van der Waals surface area contributed by atoms with Crippen LogP contribution in [0.2, 0.25) is 0 Å². The number of nitrogens with zero attached hydrogens (tertiary/aromatic N) is 3. The van der Waals surface area contributed by atoms with Crippen LogP contribution in [0.3, 0.4) is 0 Å². The molecule has 1 aromatic heterocycles. The van der Waals surface area contributed by atoms with E-state index >= 15 is 0 Å². The summed E-state index contributed by atoms with van der Waals surface area (Å²) in [5.41, 5.74) is 1.49. The van der Waals surface area contributed by atoms with Crippen LogP contribution < -0.4 is 15.8 Å². The zero-order valence-electron chi connectivity index (χ0n) is 17.9. The molecule has 3 heterocycles. The fraction of sp³-hybridized carbons (Fsp3) is 0.522. The number of rotatable bonds is 7. The van der Waals surface area contributed by atoms with Gasteiger partial charge in [0.2, 0.25) is 11.9 Å². The Morgan fingerprint density at radius 1 is 1.10 bits per heavy atom. The number of carbonyl (C=O) groups excluding carboxylic acids is 1. The van der Waals surface area contributed by atoms with E-state index in [0.29, 0.717) is 50.9 Å². The first-order valence-electron chi connectivity index (χ1n) is 11.2. The quantitative estimate of drug-likeness (QED) is 0.699. The van der Waals surface area contributed by atoms with Crippen LogP contribution in [0.5, 0.6) is 0 Å². The molecule has 0 spiro atoms. The van der Waals surface area contributed by atoms with E-state index < -0.39 is 0 Å². The van der Waals surface area contributed by atoms with Gasteiger partial charge >= 0.3 is 0 Å². The van der Waals surface area contributed by atoms with E-state index in [0.717, 1.165) is 31.5 Å². The van der Waals surface area contributed by atoms with Crippen molar-refractivity contribution in [1.82, 2.24) is 20.2 Å². The molecule has 2 aromatic rings. The first-order chi connectivity index (χ1) is 15.2. The number of ether oxygens (including phenoxy) is 1. The summed E-state index contributed by atoms with van der Waals surface area (Å²) < 4.78 is 5.40. The molecule has 31 heavy (non-hydrogen) atoms. The van der Waals surface area contributed by atoms with Crippen LogP contribution >= 0.6 is 0 Å². The number of aromatic amines is 1. The van der Waals surface area contributed by atoms with Gasteiger partial charge in [0, 0.05) is 25.6 Å². The van der Waals surface area contributed by atoms with Gasteiger partial charge in [0.05, 0.1) is 31.5 Å². The molecule has 0 radical (unpaired) electrons. The van der Waals surface area contributed by atoms with Crippen LogP contribution in [0.25, 0.3) is 0 Å². The number of aromatic nitrogens is 2. The Labute approximate surface area is 182 Å². The molecular weight excluding hydrogens is 394 g/mol. The van der Waals surface area contributed by atoms with E-state index in [4.69, 9.17) is 9.72 Å². The highest BCUT2D eigenvalue weighted by Gasteiger charge is 2.21. The first kappa shape index (κ1) is 21.5. The number of benzene rings is 1. The van der Waals surface area contributed by atoms with Crippen molar-refractivity contribution in [1.29, 1.82) is 0 Å². The van der Waals surface area contributed by atoms with Crippen LogP contribution in [0, 0.1) is 0 Å². The van der Waals surface area contributed by atoms with Gasteiger partial charge in [-0.25, -0.2) is 4.98 Å². The Kier molecular flexibility index (Phi) is 7.32. The highest BCUT2D eigenvalue weighted by molar-refractivity contribution is 5.78. The van der Waals surface area contributed by atoms with Crippen LogP contribution in [-0.2, 0) is 16.0 Å². The molecule has 4 rings (SSSR count). The number of anilines is 1. The van der Waals surface area contributed by atoms with Gasteiger partial charge in [-0.1, -0.05) is 36.8 Å². The minimum Gasteiger partial charge on any atom is -0.378 e. The standard InChI is InChI=1S/C23H31N5O3/c29-21-16-19(24-23(26-21)28-11-13-31-14-12-28)15-20(18-7-3-1-4-8-18)25-22(30)17-27-9-5-2-6-10-27/h1,3-4,7-8,16,20H,2,5-6,9-15,17H2,(H,25,30)(H,24,26,29)/t20-/m0/s1. The molecule has 8 heteroatoms. The predicted molar refractivity (Wildman–Crippen MR) is 119 cm³/mol. The van der Waals surface area contributed by atoms with Gasteiger partial charge in [-0.05, 0) is 31.5 Å². The molecule has 0 bridgehead atoms. The lowest BCUT2D eigenvalue weighted by Crippen LogP contribution is -2.41. The summed E-state index contributed by atoms with van der Waals surface area (Å²) in [6.07, 6.45) is 3.99. The molecule has 1 atom stereocenters. The highest BCUT2D eigenvalue weighted by atomic mass is 16.5. The van der Waals surface area contributed by atoms with Crippen molar-refractivity contribution < 1.29 is 9.53 Å². The van der Waals surface area contributed by atoms with Gasteiger partial charge < -0.3 is 15.0 Å². The van der Waals surface area contributed by atoms with E-state index in [-0.39, 0.29) is 17.5 Å². The molecular formula is C23H31N5O3. The van der Waals surface area contributed by atoms with E-state index in [1.54, 1.807) is 0 Å². The zero-order chi connectivity index (χ0) is 21.5. The fourth-order valence-electron chi connectivity index (χ4n) is 4.23. The number of amides is 1. The number of hydrogen-bond acceptors (Lipinski definition) is 6. The average Bonchev–Trinajstić information content (AvgIpc) is 2.80. The number of H-pyrrole nitrogens is 1. The summed E-state index contributed by atoms with van der Waals surface area (Å²) in [6, 6.07) is 11.2. The van der Waals surface area contributed by atoms with Crippen molar-refractivity contribution >= 4 is 11.9 Å². The molecule has 0 aliphatic carbocycles. The summed E-state index contributed by atoms with van der Waals surface area (Å²) >= 11 is 0. The first-order valence-corrected chi connectivity index (χ1v) is 11.2. The maximum absolute atomic E-state index is 12.8. The number of hydrogen-bond donors (Lipinski definition) is 2. The van der Waals surface area contributed by atoms with Crippen molar-refractivity contribution in [2.75, 3.05) is 50.8 Å². The minimum atomic E-state index is -0.245. The Hall–Kier alpha value is -2.71. The van der Waals surface area contributed by atoms with Crippen molar-refractivity contribution in [3.63, 3.8) is 0 Å². The Morgan fingerprint density at radius 2 is 1.84 bits per heavy atom. The van der Waals surface area contributed by atoms with E-state index in [9.17, 15) is 9.59 Å².